The fourth-order valence-electron chi connectivity index (χ4n) is 4.07. The number of hydrogen-bond acceptors (Lipinski definition) is 3. The van der Waals surface area contributed by atoms with Gasteiger partial charge in [0.05, 0.1) is 5.71 Å². The van der Waals surface area contributed by atoms with Crippen LogP contribution in [-0.2, 0) is 6.54 Å². The molecule has 3 nitrogen and oxygen atoms in total. The Morgan fingerprint density at radius 3 is 2.43 bits per heavy atom. The van der Waals surface area contributed by atoms with Crippen LogP contribution in [0.2, 0.25) is 0 Å². The van der Waals surface area contributed by atoms with E-state index in [2.05, 4.69) is 91.3 Å². The van der Waals surface area contributed by atoms with Crippen molar-refractivity contribution in [2.45, 2.75) is 27.3 Å². The SMILES string of the molecule is C/C(=N/N1CCN(Cc2ccc(C)cc2C)CC1)c1cccc2ccccc12. The minimum atomic E-state index is 0.979. The van der Waals surface area contributed by atoms with Crippen LogP contribution < -0.4 is 0 Å². The molecule has 0 amide bonds. The van der Waals surface area contributed by atoms with Crippen LogP contribution in [0, 0.1) is 13.8 Å². The molecular formula is C25H29N3. The fraction of sp³-hybridized carbons (Fsp3) is 0.320. The summed E-state index contributed by atoms with van der Waals surface area (Å²) in [5.74, 6) is 0. The van der Waals surface area contributed by atoms with Gasteiger partial charge in [-0.1, -0.05) is 66.2 Å². The van der Waals surface area contributed by atoms with E-state index in [1.54, 1.807) is 0 Å². The largest absolute Gasteiger partial charge is 0.295 e. The van der Waals surface area contributed by atoms with E-state index in [1.807, 2.05) is 0 Å². The first kappa shape index (κ1) is 18.7. The number of hydrazone groups is 1. The predicted molar refractivity (Wildman–Crippen MR) is 119 cm³/mol. The molecule has 1 aliphatic heterocycles. The van der Waals surface area contributed by atoms with Crippen molar-refractivity contribution in [1.82, 2.24) is 9.91 Å². The highest BCUT2D eigenvalue weighted by Gasteiger charge is 2.17. The summed E-state index contributed by atoms with van der Waals surface area (Å²) >= 11 is 0. The quantitative estimate of drug-likeness (QED) is 0.601. The van der Waals surface area contributed by atoms with Crippen molar-refractivity contribution in [2.24, 2.45) is 5.10 Å². The van der Waals surface area contributed by atoms with Crippen molar-refractivity contribution in [3.8, 4) is 0 Å². The van der Waals surface area contributed by atoms with Gasteiger partial charge in [-0.05, 0) is 42.7 Å². The van der Waals surface area contributed by atoms with Crippen LogP contribution in [0.5, 0.6) is 0 Å². The monoisotopic (exact) mass is 371 g/mol. The molecule has 0 saturated carbocycles. The molecule has 0 aromatic heterocycles. The number of hydrogen-bond donors (Lipinski definition) is 0. The third-order valence-corrected chi connectivity index (χ3v) is 5.71. The number of fused-ring (bicyclic) bond motifs is 1. The van der Waals surface area contributed by atoms with Crippen LogP contribution in [0.1, 0.15) is 29.2 Å². The lowest BCUT2D eigenvalue weighted by Crippen LogP contribution is -2.44. The molecule has 1 aliphatic rings. The first-order valence-electron chi connectivity index (χ1n) is 10.2. The second-order valence-electron chi connectivity index (χ2n) is 7.87. The van der Waals surface area contributed by atoms with Gasteiger partial charge in [-0.2, -0.15) is 5.10 Å². The van der Waals surface area contributed by atoms with E-state index in [0.717, 1.165) is 38.4 Å². The highest BCUT2D eigenvalue weighted by molar-refractivity contribution is 6.09. The number of benzene rings is 3. The van der Waals surface area contributed by atoms with Crippen molar-refractivity contribution in [3.63, 3.8) is 0 Å². The summed E-state index contributed by atoms with van der Waals surface area (Å²) in [6.45, 7) is 11.6. The van der Waals surface area contributed by atoms with Crippen LogP contribution >= 0.6 is 0 Å². The molecule has 1 heterocycles. The Hall–Kier alpha value is -2.65. The second-order valence-corrected chi connectivity index (χ2v) is 7.87. The van der Waals surface area contributed by atoms with E-state index >= 15 is 0 Å². The average Bonchev–Trinajstić information content (AvgIpc) is 2.71. The van der Waals surface area contributed by atoms with Gasteiger partial charge in [-0.25, -0.2) is 0 Å². The van der Waals surface area contributed by atoms with Gasteiger partial charge < -0.3 is 0 Å². The van der Waals surface area contributed by atoms with E-state index < -0.39 is 0 Å². The van der Waals surface area contributed by atoms with Crippen molar-refractivity contribution in [3.05, 3.63) is 82.9 Å². The summed E-state index contributed by atoms with van der Waals surface area (Å²) in [5, 5.41) is 9.73. The Balaban J connectivity index is 1.42. The second kappa shape index (κ2) is 8.15. The maximum Gasteiger partial charge on any atom is 0.0652 e. The maximum atomic E-state index is 4.95. The number of nitrogens with zero attached hydrogens (tertiary/aromatic N) is 3. The van der Waals surface area contributed by atoms with Crippen molar-refractivity contribution < 1.29 is 0 Å². The highest BCUT2D eigenvalue weighted by atomic mass is 15.5. The zero-order valence-electron chi connectivity index (χ0n) is 17.2. The number of aryl methyl sites for hydroxylation is 2. The van der Waals surface area contributed by atoms with Gasteiger partial charge in [0.1, 0.15) is 0 Å². The lowest BCUT2D eigenvalue weighted by Gasteiger charge is -2.33. The number of rotatable bonds is 4. The summed E-state index contributed by atoms with van der Waals surface area (Å²) in [5.41, 5.74) is 6.50. The van der Waals surface area contributed by atoms with Crippen LogP contribution in [0.15, 0.2) is 65.8 Å². The van der Waals surface area contributed by atoms with Gasteiger partial charge >= 0.3 is 0 Å². The molecule has 0 aliphatic carbocycles. The Labute approximate surface area is 168 Å². The minimum absolute atomic E-state index is 0.979. The molecule has 144 valence electrons. The molecule has 0 spiro atoms. The normalized spacial score (nSPS) is 16.0. The molecule has 0 atom stereocenters. The molecule has 0 radical (unpaired) electrons. The predicted octanol–water partition coefficient (Wildman–Crippen LogP) is 5.00. The van der Waals surface area contributed by atoms with E-state index in [4.69, 9.17) is 5.10 Å². The summed E-state index contributed by atoms with van der Waals surface area (Å²) in [4.78, 5) is 2.54. The van der Waals surface area contributed by atoms with E-state index in [9.17, 15) is 0 Å². The highest BCUT2D eigenvalue weighted by Crippen LogP contribution is 2.20. The Morgan fingerprint density at radius 1 is 0.893 bits per heavy atom. The smallest absolute Gasteiger partial charge is 0.0652 e. The fourth-order valence-corrected chi connectivity index (χ4v) is 4.07. The third kappa shape index (κ3) is 4.10. The van der Waals surface area contributed by atoms with Gasteiger partial charge in [0.25, 0.3) is 0 Å². The van der Waals surface area contributed by atoms with Crippen LogP contribution in [0.25, 0.3) is 10.8 Å². The van der Waals surface area contributed by atoms with E-state index in [-0.39, 0.29) is 0 Å². The topological polar surface area (TPSA) is 18.8 Å². The van der Waals surface area contributed by atoms with Crippen molar-refractivity contribution >= 4 is 16.5 Å². The van der Waals surface area contributed by atoms with Crippen molar-refractivity contribution in [1.29, 1.82) is 0 Å². The molecule has 0 unspecified atom stereocenters. The van der Waals surface area contributed by atoms with Crippen LogP contribution in [0.3, 0.4) is 0 Å². The zero-order valence-corrected chi connectivity index (χ0v) is 17.2. The lowest BCUT2D eigenvalue weighted by atomic mass is 10.0. The van der Waals surface area contributed by atoms with Gasteiger partial charge in [-0.15, -0.1) is 0 Å². The lowest BCUT2D eigenvalue weighted by molar-refractivity contribution is 0.130. The zero-order chi connectivity index (χ0) is 19.5. The average molecular weight is 372 g/mol. The van der Waals surface area contributed by atoms with E-state index in [0.29, 0.717) is 0 Å². The van der Waals surface area contributed by atoms with E-state index in [1.165, 1.54) is 33.0 Å². The maximum absolute atomic E-state index is 4.95. The van der Waals surface area contributed by atoms with Gasteiger partial charge in [-0.3, -0.25) is 9.91 Å². The molecule has 0 bridgehead atoms. The Morgan fingerprint density at radius 2 is 1.64 bits per heavy atom. The standard InChI is InChI=1S/C25H29N3/c1-19-11-12-23(20(2)17-19)18-27-13-15-28(16-14-27)26-21(3)24-10-6-8-22-7-4-5-9-25(22)24/h4-12,17H,13-16,18H2,1-3H3/b26-21-. The molecular weight excluding hydrogens is 342 g/mol. The van der Waals surface area contributed by atoms with Gasteiger partial charge in [0.2, 0.25) is 0 Å². The summed E-state index contributed by atoms with van der Waals surface area (Å²) in [7, 11) is 0. The van der Waals surface area contributed by atoms with Gasteiger partial charge in [0, 0.05) is 38.3 Å². The first-order chi connectivity index (χ1) is 13.6. The van der Waals surface area contributed by atoms with Gasteiger partial charge in [0.15, 0.2) is 0 Å². The molecule has 1 saturated heterocycles. The van der Waals surface area contributed by atoms with Crippen LogP contribution in [0.4, 0.5) is 0 Å². The Kier molecular flexibility index (Phi) is 5.45. The number of piperazine rings is 1. The minimum Gasteiger partial charge on any atom is -0.295 e. The van der Waals surface area contributed by atoms with Crippen LogP contribution in [-0.4, -0.2) is 41.8 Å². The molecule has 4 rings (SSSR count). The van der Waals surface area contributed by atoms with Crippen molar-refractivity contribution in [2.75, 3.05) is 26.2 Å². The summed E-state index contributed by atoms with van der Waals surface area (Å²) in [6, 6.07) is 21.8. The molecule has 0 N–H and O–H groups in total. The summed E-state index contributed by atoms with van der Waals surface area (Å²) < 4.78 is 0. The first-order valence-corrected chi connectivity index (χ1v) is 10.2. The third-order valence-electron chi connectivity index (χ3n) is 5.71. The molecule has 3 heteroatoms. The summed E-state index contributed by atoms with van der Waals surface area (Å²) in [6.07, 6.45) is 0. The molecule has 1 fully saturated rings. The molecule has 3 aromatic carbocycles. The molecule has 28 heavy (non-hydrogen) atoms. The molecule has 3 aromatic rings. The Bertz CT molecular complexity index is 992.